The lowest BCUT2D eigenvalue weighted by molar-refractivity contribution is -0.147. The highest BCUT2D eigenvalue weighted by Crippen LogP contribution is 2.04. The van der Waals surface area contributed by atoms with Crippen molar-refractivity contribution in [2.24, 2.45) is 5.92 Å². The topological polar surface area (TPSA) is 40.6 Å². The van der Waals surface area contributed by atoms with E-state index in [0.29, 0.717) is 13.1 Å². The van der Waals surface area contributed by atoms with Crippen LogP contribution in [0.2, 0.25) is 0 Å². The van der Waals surface area contributed by atoms with Gasteiger partial charge < -0.3 is 9.80 Å². The molecule has 0 atom stereocenters. The van der Waals surface area contributed by atoms with Crippen LogP contribution < -0.4 is 0 Å². The van der Waals surface area contributed by atoms with E-state index in [4.69, 9.17) is 0 Å². The Morgan fingerprint density at radius 1 is 1.07 bits per heavy atom. The summed E-state index contributed by atoms with van der Waals surface area (Å²) in [5.74, 6) is -0.773. The normalized spacial score (nSPS) is 18.7. The van der Waals surface area contributed by atoms with Gasteiger partial charge in [-0.25, -0.2) is 0 Å². The molecule has 1 fully saturated rings. The fourth-order valence-corrected chi connectivity index (χ4v) is 1.41. The average molecular weight is 198 g/mol. The molecule has 0 aromatic rings. The van der Waals surface area contributed by atoms with E-state index >= 15 is 0 Å². The second-order valence-electron chi connectivity index (χ2n) is 4.11. The van der Waals surface area contributed by atoms with Crippen molar-refractivity contribution in [2.45, 2.75) is 13.8 Å². The summed E-state index contributed by atoms with van der Waals surface area (Å²) in [7, 11) is 2.02. The molecular weight excluding hydrogens is 180 g/mol. The number of hydrogen-bond acceptors (Lipinski definition) is 3. The number of piperazine rings is 1. The second kappa shape index (κ2) is 4.55. The minimum atomic E-state index is -0.312. The van der Waals surface area contributed by atoms with E-state index in [-0.39, 0.29) is 17.6 Å². The lowest BCUT2D eigenvalue weighted by Gasteiger charge is -2.32. The van der Waals surface area contributed by atoms with Crippen LogP contribution in [0.25, 0.3) is 0 Å². The number of amides is 1. The summed E-state index contributed by atoms with van der Waals surface area (Å²) in [6, 6.07) is 0. The standard InChI is InChI=1S/C10H18N2O2/c1-8(2)9(13)10(14)12-6-4-11(3)5-7-12/h8H,4-7H2,1-3H3. The van der Waals surface area contributed by atoms with Gasteiger partial charge in [0, 0.05) is 32.1 Å². The first kappa shape index (κ1) is 11.2. The smallest absolute Gasteiger partial charge is 0.290 e. The van der Waals surface area contributed by atoms with Crippen LogP contribution in [-0.4, -0.2) is 54.7 Å². The molecular formula is C10H18N2O2. The summed E-state index contributed by atoms with van der Waals surface area (Å²) in [4.78, 5) is 26.8. The number of carbonyl (C=O) groups excluding carboxylic acids is 2. The molecule has 1 heterocycles. The van der Waals surface area contributed by atoms with E-state index in [1.165, 1.54) is 0 Å². The van der Waals surface area contributed by atoms with Crippen molar-refractivity contribution in [1.82, 2.24) is 9.80 Å². The van der Waals surface area contributed by atoms with E-state index in [9.17, 15) is 9.59 Å². The zero-order valence-corrected chi connectivity index (χ0v) is 9.12. The van der Waals surface area contributed by atoms with Crippen molar-refractivity contribution in [3.8, 4) is 0 Å². The molecule has 1 aliphatic heterocycles. The highest BCUT2D eigenvalue weighted by atomic mass is 16.2. The van der Waals surface area contributed by atoms with Crippen molar-refractivity contribution in [1.29, 1.82) is 0 Å². The number of Topliss-reactive ketones (excluding diaryl/α,β-unsaturated/α-hetero) is 1. The number of hydrogen-bond donors (Lipinski definition) is 0. The molecule has 1 aliphatic rings. The predicted molar refractivity (Wildman–Crippen MR) is 53.9 cm³/mol. The van der Waals surface area contributed by atoms with Gasteiger partial charge in [-0.1, -0.05) is 13.8 Å². The summed E-state index contributed by atoms with van der Waals surface area (Å²) in [6.07, 6.45) is 0. The fourth-order valence-electron chi connectivity index (χ4n) is 1.41. The number of nitrogens with zero attached hydrogens (tertiary/aromatic N) is 2. The Morgan fingerprint density at radius 3 is 2.00 bits per heavy atom. The SMILES string of the molecule is CC(C)C(=O)C(=O)N1CCN(C)CC1. The van der Waals surface area contributed by atoms with Gasteiger partial charge >= 0.3 is 0 Å². The molecule has 1 amide bonds. The summed E-state index contributed by atoms with van der Waals surface area (Å²) in [6.45, 7) is 6.59. The van der Waals surface area contributed by atoms with Crippen molar-refractivity contribution >= 4 is 11.7 Å². The molecule has 0 aromatic carbocycles. The molecule has 80 valence electrons. The Kier molecular flexibility index (Phi) is 3.63. The Hall–Kier alpha value is -0.900. The first-order chi connectivity index (χ1) is 6.52. The van der Waals surface area contributed by atoms with Crippen LogP contribution in [0.5, 0.6) is 0 Å². The van der Waals surface area contributed by atoms with E-state index in [1.807, 2.05) is 7.05 Å². The van der Waals surface area contributed by atoms with Crippen molar-refractivity contribution in [3.05, 3.63) is 0 Å². The molecule has 4 heteroatoms. The zero-order chi connectivity index (χ0) is 10.7. The van der Waals surface area contributed by atoms with Crippen LogP contribution in [0.1, 0.15) is 13.8 Å². The minimum absolute atomic E-state index is 0.192. The Bertz CT molecular complexity index is 230. The van der Waals surface area contributed by atoms with Crippen LogP contribution in [0.15, 0.2) is 0 Å². The van der Waals surface area contributed by atoms with Gasteiger partial charge in [-0.2, -0.15) is 0 Å². The van der Waals surface area contributed by atoms with Gasteiger partial charge in [-0.05, 0) is 7.05 Å². The zero-order valence-electron chi connectivity index (χ0n) is 9.12. The van der Waals surface area contributed by atoms with Gasteiger partial charge in [0.05, 0.1) is 0 Å². The Labute approximate surface area is 84.9 Å². The summed E-state index contributed by atoms with van der Waals surface area (Å²) in [5, 5.41) is 0. The van der Waals surface area contributed by atoms with Gasteiger partial charge in [0.25, 0.3) is 5.91 Å². The number of carbonyl (C=O) groups is 2. The second-order valence-corrected chi connectivity index (χ2v) is 4.11. The number of rotatable bonds is 2. The molecule has 4 nitrogen and oxygen atoms in total. The largest absolute Gasteiger partial charge is 0.334 e. The summed E-state index contributed by atoms with van der Waals surface area (Å²) >= 11 is 0. The molecule has 0 radical (unpaired) electrons. The van der Waals surface area contributed by atoms with Crippen LogP contribution in [0, 0.1) is 5.92 Å². The van der Waals surface area contributed by atoms with Crippen molar-refractivity contribution in [2.75, 3.05) is 33.2 Å². The molecule has 1 saturated heterocycles. The third kappa shape index (κ3) is 2.54. The first-order valence-corrected chi connectivity index (χ1v) is 5.04. The van der Waals surface area contributed by atoms with Crippen molar-refractivity contribution < 1.29 is 9.59 Å². The third-order valence-corrected chi connectivity index (χ3v) is 2.53. The van der Waals surface area contributed by atoms with Crippen LogP contribution in [0.3, 0.4) is 0 Å². The van der Waals surface area contributed by atoms with Gasteiger partial charge in [-0.15, -0.1) is 0 Å². The monoisotopic (exact) mass is 198 g/mol. The molecule has 0 saturated carbocycles. The minimum Gasteiger partial charge on any atom is -0.334 e. The van der Waals surface area contributed by atoms with Crippen molar-refractivity contribution in [3.63, 3.8) is 0 Å². The maximum atomic E-state index is 11.6. The van der Waals surface area contributed by atoms with Gasteiger partial charge in [-0.3, -0.25) is 9.59 Å². The molecule has 0 spiro atoms. The number of ketones is 1. The highest BCUT2D eigenvalue weighted by molar-refractivity contribution is 6.36. The van der Waals surface area contributed by atoms with Gasteiger partial charge in [0.2, 0.25) is 5.78 Å². The highest BCUT2D eigenvalue weighted by Gasteiger charge is 2.26. The van der Waals surface area contributed by atoms with E-state index in [2.05, 4.69) is 4.90 Å². The van der Waals surface area contributed by atoms with Crippen LogP contribution in [0.4, 0.5) is 0 Å². The molecule has 0 aliphatic carbocycles. The van der Waals surface area contributed by atoms with Crippen LogP contribution in [-0.2, 0) is 9.59 Å². The van der Waals surface area contributed by atoms with E-state index in [0.717, 1.165) is 13.1 Å². The third-order valence-electron chi connectivity index (χ3n) is 2.53. The molecule has 1 rings (SSSR count). The molecule has 0 aromatic heterocycles. The molecule has 0 bridgehead atoms. The first-order valence-electron chi connectivity index (χ1n) is 5.04. The summed E-state index contributed by atoms with van der Waals surface area (Å²) in [5.41, 5.74) is 0. The molecule has 14 heavy (non-hydrogen) atoms. The summed E-state index contributed by atoms with van der Waals surface area (Å²) < 4.78 is 0. The van der Waals surface area contributed by atoms with E-state index < -0.39 is 0 Å². The quantitative estimate of drug-likeness (QED) is 0.586. The Morgan fingerprint density at radius 2 is 1.57 bits per heavy atom. The maximum absolute atomic E-state index is 11.6. The fraction of sp³-hybridized carbons (Fsp3) is 0.800. The van der Waals surface area contributed by atoms with Gasteiger partial charge in [0.1, 0.15) is 0 Å². The lowest BCUT2D eigenvalue weighted by Crippen LogP contribution is -2.49. The molecule has 0 N–H and O–H groups in total. The Balaban J connectivity index is 2.50. The molecule has 0 unspecified atom stereocenters. The average Bonchev–Trinajstić information content (AvgIpc) is 2.16. The van der Waals surface area contributed by atoms with E-state index in [1.54, 1.807) is 18.7 Å². The maximum Gasteiger partial charge on any atom is 0.290 e. The number of likely N-dealkylation sites (N-methyl/N-ethyl adjacent to an activating group) is 1. The van der Waals surface area contributed by atoms with Crippen LogP contribution >= 0.6 is 0 Å². The van der Waals surface area contributed by atoms with Gasteiger partial charge in [0.15, 0.2) is 0 Å². The predicted octanol–water partition coefficient (Wildman–Crippen LogP) is -0.0145. The lowest BCUT2D eigenvalue weighted by atomic mass is 10.1.